The molecule has 1 saturated carbocycles. The Balaban J connectivity index is 1.62. The van der Waals surface area contributed by atoms with Crippen molar-refractivity contribution >= 4 is 5.91 Å². The maximum atomic E-state index is 11.9. The molecule has 1 atom stereocenters. The molecule has 1 spiro atoms. The number of nitrogens with one attached hydrogen (secondary N) is 2. The lowest BCUT2D eigenvalue weighted by atomic mass is 9.70. The van der Waals surface area contributed by atoms with Crippen molar-refractivity contribution in [2.45, 2.75) is 56.3 Å². The van der Waals surface area contributed by atoms with Gasteiger partial charge in [0, 0.05) is 18.0 Å². The number of piperidine rings is 1. The first-order chi connectivity index (χ1) is 9.39. The first-order valence-corrected chi connectivity index (χ1v) is 7.07. The van der Waals surface area contributed by atoms with E-state index >= 15 is 0 Å². The van der Waals surface area contributed by atoms with Crippen LogP contribution in [0.4, 0.5) is 13.2 Å². The quantitative estimate of drug-likeness (QED) is 0.760. The summed E-state index contributed by atoms with van der Waals surface area (Å²) in [5.74, 6) is -0.228. The molecular formula is C13H21F3N2O2. The Morgan fingerprint density at radius 1 is 1.40 bits per heavy atom. The van der Waals surface area contributed by atoms with Crippen molar-refractivity contribution in [2.75, 3.05) is 19.8 Å². The van der Waals surface area contributed by atoms with Crippen LogP contribution in [-0.2, 0) is 9.53 Å². The minimum absolute atomic E-state index is 0.0208. The Bertz CT molecular complexity index is 343. The molecule has 0 bridgehead atoms. The molecule has 1 heterocycles. The lowest BCUT2D eigenvalue weighted by Crippen LogP contribution is -2.59. The first kappa shape index (κ1) is 15.6. The maximum Gasteiger partial charge on any atom is 0.411 e. The van der Waals surface area contributed by atoms with E-state index in [1.54, 1.807) is 0 Å². The number of carbonyl (C=O) groups is 1. The molecule has 1 saturated heterocycles. The number of hydrogen-bond donors (Lipinski definition) is 2. The number of hydrogen-bond acceptors (Lipinski definition) is 3. The fourth-order valence-corrected chi connectivity index (χ4v) is 2.92. The van der Waals surface area contributed by atoms with Gasteiger partial charge in [0.25, 0.3) is 0 Å². The minimum atomic E-state index is -4.33. The van der Waals surface area contributed by atoms with Gasteiger partial charge in [0.1, 0.15) is 6.61 Å². The van der Waals surface area contributed by atoms with Crippen LogP contribution < -0.4 is 10.6 Å². The fourth-order valence-electron chi connectivity index (χ4n) is 2.92. The predicted octanol–water partition coefficient (Wildman–Crippen LogP) is 1.75. The highest BCUT2D eigenvalue weighted by molar-refractivity contribution is 5.76. The van der Waals surface area contributed by atoms with Crippen LogP contribution in [0, 0.1) is 0 Å². The standard InChI is InChI=1S/C13H21F3N2O2/c14-13(15,16)9-20-7-3-11(19)18-10-2-6-17-12(8-10)4-1-5-12/h10,17H,1-9H2,(H,18,19). The smallest absolute Gasteiger partial charge is 0.372 e. The highest BCUT2D eigenvalue weighted by Gasteiger charge is 2.41. The summed E-state index contributed by atoms with van der Waals surface area (Å²) in [5, 5.41) is 6.40. The van der Waals surface area contributed by atoms with Crippen LogP contribution >= 0.6 is 0 Å². The summed E-state index contributed by atoms with van der Waals surface area (Å²) in [4.78, 5) is 11.7. The molecular weight excluding hydrogens is 273 g/mol. The van der Waals surface area contributed by atoms with Crippen molar-refractivity contribution in [1.82, 2.24) is 10.6 Å². The van der Waals surface area contributed by atoms with Gasteiger partial charge in [0.05, 0.1) is 6.61 Å². The highest BCUT2D eigenvalue weighted by atomic mass is 19.4. The number of alkyl halides is 3. The van der Waals surface area contributed by atoms with Crippen LogP contribution in [0.15, 0.2) is 0 Å². The summed E-state index contributed by atoms with van der Waals surface area (Å²) in [6, 6.07) is 0.131. The Morgan fingerprint density at radius 2 is 2.15 bits per heavy atom. The Kier molecular flexibility index (Phi) is 4.90. The normalized spacial score (nSPS) is 25.2. The third-order valence-corrected chi connectivity index (χ3v) is 4.04. The molecule has 0 aromatic heterocycles. The second kappa shape index (κ2) is 6.30. The van der Waals surface area contributed by atoms with Crippen molar-refractivity contribution in [2.24, 2.45) is 0 Å². The van der Waals surface area contributed by atoms with Gasteiger partial charge < -0.3 is 15.4 Å². The largest absolute Gasteiger partial charge is 0.411 e. The SMILES string of the molecule is O=C(CCOCC(F)(F)F)NC1CCNC2(CCC2)C1. The molecule has 1 aliphatic heterocycles. The Morgan fingerprint density at radius 3 is 2.75 bits per heavy atom. The average molecular weight is 294 g/mol. The maximum absolute atomic E-state index is 11.9. The second-order valence-corrected chi connectivity index (χ2v) is 5.74. The van der Waals surface area contributed by atoms with Gasteiger partial charge in [-0.05, 0) is 38.6 Å². The van der Waals surface area contributed by atoms with Crippen LogP contribution in [0.1, 0.15) is 38.5 Å². The zero-order chi connectivity index (χ0) is 14.6. The molecule has 2 fully saturated rings. The van der Waals surface area contributed by atoms with Crippen molar-refractivity contribution in [3.05, 3.63) is 0 Å². The van der Waals surface area contributed by atoms with E-state index in [9.17, 15) is 18.0 Å². The monoisotopic (exact) mass is 294 g/mol. The van der Waals surface area contributed by atoms with E-state index in [-0.39, 0.29) is 30.5 Å². The molecule has 20 heavy (non-hydrogen) atoms. The molecule has 2 rings (SSSR count). The summed E-state index contributed by atoms with van der Waals surface area (Å²) < 4.78 is 40.0. The molecule has 4 nitrogen and oxygen atoms in total. The van der Waals surface area contributed by atoms with Gasteiger partial charge in [0.2, 0.25) is 5.91 Å². The lowest BCUT2D eigenvalue weighted by Gasteiger charge is -2.48. The van der Waals surface area contributed by atoms with Crippen LogP contribution in [0.3, 0.4) is 0 Å². The predicted molar refractivity (Wildman–Crippen MR) is 67.2 cm³/mol. The lowest BCUT2D eigenvalue weighted by molar-refractivity contribution is -0.174. The summed E-state index contributed by atoms with van der Waals surface area (Å²) in [6.45, 7) is -0.603. The third-order valence-electron chi connectivity index (χ3n) is 4.04. The molecule has 2 N–H and O–H groups in total. The van der Waals surface area contributed by atoms with Crippen molar-refractivity contribution < 1.29 is 22.7 Å². The molecule has 0 aromatic rings. The molecule has 2 aliphatic rings. The number of ether oxygens (including phenoxy) is 1. The molecule has 0 radical (unpaired) electrons. The van der Waals surface area contributed by atoms with Crippen molar-refractivity contribution in [3.63, 3.8) is 0 Å². The van der Waals surface area contributed by atoms with Gasteiger partial charge in [-0.25, -0.2) is 0 Å². The van der Waals surface area contributed by atoms with Gasteiger partial charge in [-0.15, -0.1) is 0 Å². The van der Waals surface area contributed by atoms with Gasteiger partial charge in [-0.3, -0.25) is 4.79 Å². The molecule has 1 amide bonds. The summed E-state index contributed by atoms with van der Waals surface area (Å²) in [5.41, 5.74) is 0.197. The summed E-state index contributed by atoms with van der Waals surface area (Å²) in [6.07, 6.45) is 0.954. The van der Waals surface area contributed by atoms with E-state index in [1.165, 1.54) is 6.42 Å². The molecule has 1 unspecified atom stereocenters. The van der Waals surface area contributed by atoms with E-state index in [2.05, 4.69) is 15.4 Å². The number of rotatable bonds is 5. The van der Waals surface area contributed by atoms with Gasteiger partial charge in [-0.2, -0.15) is 13.2 Å². The number of amides is 1. The van der Waals surface area contributed by atoms with Gasteiger partial charge in [0.15, 0.2) is 0 Å². The Labute approximate surface area is 116 Å². The minimum Gasteiger partial charge on any atom is -0.372 e. The zero-order valence-corrected chi connectivity index (χ0v) is 11.4. The van der Waals surface area contributed by atoms with E-state index in [1.807, 2.05) is 0 Å². The van der Waals surface area contributed by atoms with E-state index in [0.29, 0.717) is 0 Å². The molecule has 7 heteroatoms. The number of carbonyl (C=O) groups excluding carboxylic acids is 1. The van der Waals surface area contributed by atoms with E-state index < -0.39 is 12.8 Å². The van der Waals surface area contributed by atoms with Crippen molar-refractivity contribution in [1.29, 1.82) is 0 Å². The van der Waals surface area contributed by atoms with Crippen LogP contribution in [0.25, 0.3) is 0 Å². The van der Waals surface area contributed by atoms with Gasteiger partial charge >= 0.3 is 6.18 Å². The zero-order valence-electron chi connectivity index (χ0n) is 11.4. The second-order valence-electron chi connectivity index (χ2n) is 5.74. The fraction of sp³-hybridized carbons (Fsp3) is 0.923. The van der Waals surface area contributed by atoms with Crippen LogP contribution in [0.2, 0.25) is 0 Å². The van der Waals surface area contributed by atoms with Crippen molar-refractivity contribution in [3.8, 4) is 0 Å². The van der Waals surface area contributed by atoms with Gasteiger partial charge in [-0.1, -0.05) is 0 Å². The summed E-state index contributed by atoms with van der Waals surface area (Å²) in [7, 11) is 0. The molecule has 0 aromatic carbocycles. The highest BCUT2D eigenvalue weighted by Crippen LogP contribution is 2.38. The Hall–Kier alpha value is -0.820. The average Bonchev–Trinajstić information content (AvgIpc) is 2.32. The number of halogens is 3. The topological polar surface area (TPSA) is 50.4 Å². The van der Waals surface area contributed by atoms with E-state index in [4.69, 9.17) is 0 Å². The molecule has 1 aliphatic carbocycles. The third kappa shape index (κ3) is 4.63. The summed E-state index contributed by atoms with van der Waals surface area (Å²) >= 11 is 0. The van der Waals surface area contributed by atoms with Crippen LogP contribution in [0.5, 0.6) is 0 Å². The van der Waals surface area contributed by atoms with E-state index in [0.717, 1.165) is 32.2 Å². The molecule has 116 valence electrons. The van der Waals surface area contributed by atoms with Crippen LogP contribution in [-0.4, -0.2) is 43.4 Å². The first-order valence-electron chi connectivity index (χ1n) is 7.07.